The lowest BCUT2D eigenvalue weighted by Gasteiger charge is -2.29. The predicted octanol–water partition coefficient (Wildman–Crippen LogP) is 3.84. The molecule has 2 aliphatic heterocycles. The highest BCUT2D eigenvalue weighted by atomic mass is 32.1. The first-order chi connectivity index (χ1) is 16.1. The van der Waals surface area contributed by atoms with E-state index in [9.17, 15) is 19.8 Å². The van der Waals surface area contributed by atoms with Crippen molar-refractivity contribution in [2.75, 3.05) is 0 Å². The summed E-state index contributed by atoms with van der Waals surface area (Å²) in [5.41, 5.74) is 0.769. The third kappa shape index (κ3) is 5.61. The lowest BCUT2D eigenvalue weighted by atomic mass is 9.79. The molecule has 2 saturated heterocycles. The molecule has 34 heavy (non-hydrogen) atoms. The lowest BCUT2D eigenvalue weighted by Crippen LogP contribution is -2.41. The standard InChI is InChI=1S/C26H37NO6S/c1-14-6-5-7-19-21(32-19)11-20(15(2)10-18-13-34-17(4)27-18)33-23(29)12-22(28)26(8-9-26)25(31)16(3)24(14)30/h10,13-14,16,19-22,24,28,30H,5-9,11-12H2,1-4H3/b15-10+/t14-,16+,19+,20-,21+,22-,24-/m0/s1. The molecule has 1 aromatic heterocycles. The molecule has 1 aromatic rings. The summed E-state index contributed by atoms with van der Waals surface area (Å²) >= 11 is 1.57. The molecule has 1 aliphatic carbocycles. The molecule has 3 heterocycles. The topological polar surface area (TPSA) is 109 Å². The van der Waals surface area contributed by atoms with Crippen LogP contribution in [0.25, 0.3) is 6.08 Å². The van der Waals surface area contributed by atoms with E-state index in [1.165, 1.54) is 0 Å². The van der Waals surface area contributed by atoms with Gasteiger partial charge in [0, 0.05) is 17.7 Å². The van der Waals surface area contributed by atoms with Crippen molar-refractivity contribution in [1.29, 1.82) is 0 Å². The highest BCUT2D eigenvalue weighted by Gasteiger charge is 2.57. The molecule has 7 atom stereocenters. The van der Waals surface area contributed by atoms with Crippen molar-refractivity contribution in [1.82, 2.24) is 4.98 Å². The Labute approximate surface area is 205 Å². The molecule has 0 amide bonds. The minimum atomic E-state index is -1.11. The Hall–Kier alpha value is -1.61. The average Bonchev–Trinajstić information content (AvgIpc) is 3.70. The van der Waals surface area contributed by atoms with E-state index in [2.05, 4.69) is 4.98 Å². The van der Waals surface area contributed by atoms with Crippen LogP contribution in [-0.4, -0.2) is 57.5 Å². The van der Waals surface area contributed by atoms with Crippen molar-refractivity contribution in [2.45, 2.75) is 103 Å². The number of carbonyl (C=O) groups is 2. The number of hydrogen-bond donors (Lipinski definition) is 2. The maximum Gasteiger partial charge on any atom is 0.309 e. The number of rotatable bonds is 2. The molecule has 1 saturated carbocycles. The SMILES string of the molecule is C/C(=C\c1csc(C)n1)[C@@H]1C[C@H]2O[C@@H]2CCC[C@H](C)[C@H](O)[C@@H](C)C(=O)C2(CC2)[C@@H](O)CC(=O)O1. The molecular formula is C26H37NO6S. The van der Waals surface area contributed by atoms with Gasteiger partial charge in [-0.15, -0.1) is 11.3 Å². The molecular weight excluding hydrogens is 454 g/mol. The van der Waals surface area contributed by atoms with Gasteiger partial charge >= 0.3 is 5.97 Å². The van der Waals surface area contributed by atoms with E-state index in [1.54, 1.807) is 18.3 Å². The molecule has 0 bridgehead atoms. The van der Waals surface area contributed by atoms with Crippen LogP contribution in [-0.2, 0) is 19.1 Å². The molecule has 0 aromatic carbocycles. The number of aryl methyl sites for hydroxylation is 1. The fourth-order valence-corrected chi connectivity index (χ4v) is 5.87. The number of hydrogen-bond acceptors (Lipinski definition) is 8. The number of Topliss-reactive ketones (excluding diaryl/α,β-unsaturated/α-hetero) is 1. The van der Waals surface area contributed by atoms with Crippen LogP contribution in [0.1, 0.15) is 76.4 Å². The van der Waals surface area contributed by atoms with Gasteiger partial charge in [-0.05, 0) is 57.1 Å². The summed E-state index contributed by atoms with van der Waals surface area (Å²) in [7, 11) is 0. The molecule has 8 heteroatoms. The van der Waals surface area contributed by atoms with Crippen LogP contribution < -0.4 is 0 Å². The summed E-state index contributed by atoms with van der Waals surface area (Å²) in [5.74, 6) is -1.28. The third-order valence-electron chi connectivity index (χ3n) is 7.86. The van der Waals surface area contributed by atoms with Crippen molar-refractivity contribution in [3.05, 3.63) is 21.7 Å². The van der Waals surface area contributed by atoms with Crippen LogP contribution in [0, 0.1) is 24.2 Å². The molecule has 3 aliphatic rings. The van der Waals surface area contributed by atoms with Gasteiger partial charge in [-0.2, -0.15) is 0 Å². The summed E-state index contributed by atoms with van der Waals surface area (Å²) in [6, 6.07) is 0. The fourth-order valence-electron chi connectivity index (χ4n) is 5.30. The van der Waals surface area contributed by atoms with E-state index >= 15 is 0 Å². The number of esters is 1. The van der Waals surface area contributed by atoms with Crippen LogP contribution in [0.3, 0.4) is 0 Å². The molecule has 4 rings (SSSR count). The normalized spacial score (nSPS) is 37.2. The second-order valence-corrected chi connectivity index (χ2v) is 11.6. The lowest BCUT2D eigenvalue weighted by molar-refractivity contribution is -0.152. The van der Waals surface area contributed by atoms with Crippen molar-refractivity contribution in [3.63, 3.8) is 0 Å². The highest BCUT2D eigenvalue weighted by Crippen LogP contribution is 2.52. The Morgan fingerprint density at radius 3 is 2.59 bits per heavy atom. The third-order valence-corrected chi connectivity index (χ3v) is 8.65. The average molecular weight is 492 g/mol. The summed E-state index contributed by atoms with van der Waals surface area (Å²) in [4.78, 5) is 30.6. The molecule has 188 valence electrons. The number of carbonyl (C=O) groups excluding carboxylic acids is 2. The Kier molecular flexibility index (Phi) is 7.62. The summed E-state index contributed by atoms with van der Waals surface area (Å²) in [6.45, 7) is 7.58. The fraction of sp³-hybridized carbons (Fsp3) is 0.731. The maximum absolute atomic E-state index is 13.2. The number of ether oxygens (including phenoxy) is 2. The van der Waals surface area contributed by atoms with Crippen molar-refractivity contribution >= 4 is 29.2 Å². The first-order valence-electron chi connectivity index (χ1n) is 12.5. The smallest absolute Gasteiger partial charge is 0.309 e. The molecule has 1 spiro atoms. The number of ketones is 1. The Balaban J connectivity index is 1.53. The highest BCUT2D eigenvalue weighted by molar-refractivity contribution is 7.09. The second-order valence-electron chi connectivity index (χ2n) is 10.5. The first kappa shape index (κ1) is 25.5. The van der Waals surface area contributed by atoms with Gasteiger partial charge in [0.1, 0.15) is 11.9 Å². The Bertz CT molecular complexity index is 937. The zero-order chi connectivity index (χ0) is 24.6. The molecule has 3 fully saturated rings. The van der Waals surface area contributed by atoms with Crippen LogP contribution in [0.2, 0.25) is 0 Å². The van der Waals surface area contributed by atoms with Gasteiger partial charge < -0.3 is 19.7 Å². The molecule has 2 N–H and O–H groups in total. The van der Waals surface area contributed by atoms with Crippen molar-refractivity contribution in [2.24, 2.45) is 17.3 Å². The van der Waals surface area contributed by atoms with Crippen LogP contribution in [0.4, 0.5) is 0 Å². The van der Waals surface area contributed by atoms with Gasteiger partial charge in [0.15, 0.2) is 0 Å². The quantitative estimate of drug-likeness (QED) is 0.478. The Morgan fingerprint density at radius 1 is 1.21 bits per heavy atom. The number of aliphatic hydroxyl groups is 2. The summed E-state index contributed by atoms with van der Waals surface area (Å²) in [6.07, 6.45) is 3.69. The van der Waals surface area contributed by atoms with Gasteiger partial charge in [0.2, 0.25) is 0 Å². The number of epoxide rings is 1. The van der Waals surface area contributed by atoms with Gasteiger partial charge in [-0.3, -0.25) is 9.59 Å². The van der Waals surface area contributed by atoms with Crippen LogP contribution >= 0.6 is 11.3 Å². The second kappa shape index (κ2) is 10.2. The zero-order valence-electron chi connectivity index (χ0n) is 20.5. The number of fused-ring (bicyclic) bond motifs is 1. The van der Waals surface area contributed by atoms with Crippen molar-refractivity contribution < 1.29 is 29.3 Å². The molecule has 0 radical (unpaired) electrons. The van der Waals surface area contributed by atoms with Gasteiger partial charge in [0.05, 0.1) is 47.0 Å². The monoisotopic (exact) mass is 491 g/mol. The van der Waals surface area contributed by atoms with E-state index in [4.69, 9.17) is 9.47 Å². The number of thiazole rings is 1. The van der Waals surface area contributed by atoms with E-state index in [1.807, 2.05) is 32.2 Å². The van der Waals surface area contributed by atoms with Gasteiger partial charge in [-0.25, -0.2) is 4.98 Å². The summed E-state index contributed by atoms with van der Waals surface area (Å²) < 4.78 is 11.7. The molecule has 7 nitrogen and oxygen atoms in total. The first-order valence-corrected chi connectivity index (χ1v) is 13.3. The van der Waals surface area contributed by atoms with E-state index < -0.39 is 35.6 Å². The Morgan fingerprint density at radius 2 is 1.94 bits per heavy atom. The number of nitrogens with zero attached hydrogens (tertiary/aromatic N) is 1. The van der Waals surface area contributed by atoms with E-state index in [-0.39, 0.29) is 30.3 Å². The zero-order valence-corrected chi connectivity index (χ0v) is 21.3. The molecule has 0 unspecified atom stereocenters. The summed E-state index contributed by atoms with van der Waals surface area (Å²) in [5, 5.41) is 24.6. The van der Waals surface area contributed by atoms with Gasteiger partial charge in [-0.1, -0.05) is 20.3 Å². The van der Waals surface area contributed by atoms with Crippen LogP contribution in [0.15, 0.2) is 11.0 Å². The largest absolute Gasteiger partial charge is 0.458 e. The van der Waals surface area contributed by atoms with E-state index in [0.717, 1.165) is 35.5 Å². The maximum atomic E-state index is 13.2. The van der Waals surface area contributed by atoms with Crippen LogP contribution in [0.5, 0.6) is 0 Å². The minimum absolute atomic E-state index is 0.0201. The van der Waals surface area contributed by atoms with Crippen molar-refractivity contribution in [3.8, 4) is 0 Å². The number of aromatic nitrogens is 1. The van der Waals surface area contributed by atoms with E-state index in [0.29, 0.717) is 19.3 Å². The number of aliphatic hydroxyl groups excluding tert-OH is 2. The minimum Gasteiger partial charge on any atom is -0.458 e. The number of cyclic esters (lactones) is 1. The van der Waals surface area contributed by atoms with Gasteiger partial charge in [0.25, 0.3) is 0 Å². The predicted molar refractivity (Wildman–Crippen MR) is 129 cm³/mol.